The molecule has 20 heavy (non-hydrogen) atoms. The second-order valence-electron chi connectivity index (χ2n) is 5.69. The maximum atomic E-state index is 11.6. The Hall–Kier alpha value is -1.55. The fourth-order valence-corrected chi connectivity index (χ4v) is 2.41. The lowest BCUT2D eigenvalue weighted by Gasteiger charge is -2.24. The third kappa shape index (κ3) is 4.53. The standard InChI is InChI=1S/C16H25N3O/c1-19(2)16(20)11-13-6-8-14(9-7-13)18-12-15-5-3-4-10-17-15/h6-9,15,17-18H,3-5,10-12H2,1-2H3. The number of piperidine rings is 1. The summed E-state index contributed by atoms with van der Waals surface area (Å²) in [5, 5.41) is 6.99. The first-order valence-electron chi connectivity index (χ1n) is 7.41. The monoisotopic (exact) mass is 275 g/mol. The third-order valence-corrected chi connectivity index (χ3v) is 3.77. The number of hydrogen-bond acceptors (Lipinski definition) is 3. The average molecular weight is 275 g/mol. The van der Waals surface area contributed by atoms with Crippen molar-refractivity contribution in [1.82, 2.24) is 10.2 Å². The molecular formula is C16H25N3O. The molecule has 1 aliphatic rings. The molecule has 1 fully saturated rings. The van der Waals surface area contributed by atoms with Crippen LogP contribution in [0.4, 0.5) is 5.69 Å². The molecule has 0 bridgehead atoms. The van der Waals surface area contributed by atoms with Crippen molar-refractivity contribution in [3.63, 3.8) is 0 Å². The van der Waals surface area contributed by atoms with Crippen molar-refractivity contribution < 1.29 is 4.79 Å². The maximum absolute atomic E-state index is 11.6. The van der Waals surface area contributed by atoms with Gasteiger partial charge in [0, 0.05) is 32.4 Å². The summed E-state index contributed by atoms with van der Waals surface area (Å²) in [6, 6.07) is 8.75. The molecule has 1 saturated heterocycles. The number of carbonyl (C=O) groups is 1. The zero-order valence-electron chi connectivity index (χ0n) is 12.5. The lowest BCUT2D eigenvalue weighted by molar-refractivity contribution is -0.127. The van der Waals surface area contributed by atoms with Crippen LogP contribution in [0.1, 0.15) is 24.8 Å². The van der Waals surface area contributed by atoms with Crippen LogP contribution in [0.3, 0.4) is 0 Å². The molecule has 0 spiro atoms. The number of likely N-dealkylation sites (N-methyl/N-ethyl adjacent to an activating group) is 1. The van der Waals surface area contributed by atoms with Gasteiger partial charge in [-0.05, 0) is 37.1 Å². The van der Waals surface area contributed by atoms with E-state index in [2.05, 4.69) is 22.8 Å². The molecule has 4 nitrogen and oxygen atoms in total. The fourth-order valence-electron chi connectivity index (χ4n) is 2.41. The number of nitrogens with zero attached hydrogens (tertiary/aromatic N) is 1. The summed E-state index contributed by atoms with van der Waals surface area (Å²) >= 11 is 0. The van der Waals surface area contributed by atoms with Crippen LogP contribution in [0.5, 0.6) is 0 Å². The molecule has 1 aliphatic heterocycles. The molecule has 0 aliphatic carbocycles. The van der Waals surface area contributed by atoms with Gasteiger partial charge >= 0.3 is 0 Å². The Morgan fingerprint density at radius 3 is 2.65 bits per heavy atom. The van der Waals surface area contributed by atoms with Crippen LogP contribution in [0.2, 0.25) is 0 Å². The highest BCUT2D eigenvalue weighted by atomic mass is 16.2. The van der Waals surface area contributed by atoms with Gasteiger partial charge in [-0.2, -0.15) is 0 Å². The van der Waals surface area contributed by atoms with E-state index in [1.54, 1.807) is 19.0 Å². The van der Waals surface area contributed by atoms with Crippen molar-refractivity contribution in [2.45, 2.75) is 31.7 Å². The molecule has 1 amide bonds. The molecule has 0 radical (unpaired) electrons. The first kappa shape index (κ1) is 14.9. The first-order chi connectivity index (χ1) is 9.65. The summed E-state index contributed by atoms with van der Waals surface area (Å²) in [7, 11) is 3.57. The largest absolute Gasteiger partial charge is 0.383 e. The van der Waals surface area contributed by atoms with Crippen molar-refractivity contribution in [2.75, 3.05) is 32.5 Å². The lowest BCUT2D eigenvalue weighted by atomic mass is 10.0. The molecular weight excluding hydrogens is 250 g/mol. The Morgan fingerprint density at radius 1 is 1.30 bits per heavy atom. The number of benzene rings is 1. The number of hydrogen-bond donors (Lipinski definition) is 2. The van der Waals surface area contributed by atoms with Crippen molar-refractivity contribution in [3.8, 4) is 0 Å². The smallest absolute Gasteiger partial charge is 0.226 e. The number of nitrogens with one attached hydrogen (secondary N) is 2. The SMILES string of the molecule is CN(C)C(=O)Cc1ccc(NCC2CCCCN2)cc1. The minimum atomic E-state index is 0.136. The Bertz CT molecular complexity index is 422. The zero-order valence-corrected chi connectivity index (χ0v) is 12.5. The summed E-state index contributed by atoms with van der Waals surface area (Å²) < 4.78 is 0. The van der Waals surface area contributed by atoms with Crippen LogP contribution in [0.25, 0.3) is 0 Å². The quantitative estimate of drug-likeness (QED) is 0.862. The van der Waals surface area contributed by atoms with Crippen LogP contribution in [-0.2, 0) is 11.2 Å². The van der Waals surface area contributed by atoms with Crippen molar-refractivity contribution in [3.05, 3.63) is 29.8 Å². The van der Waals surface area contributed by atoms with E-state index in [0.717, 1.165) is 24.3 Å². The Kier molecular flexibility index (Phi) is 5.41. The molecule has 1 unspecified atom stereocenters. The van der Waals surface area contributed by atoms with E-state index in [1.165, 1.54) is 19.3 Å². The number of anilines is 1. The van der Waals surface area contributed by atoms with Gasteiger partial charge in [0.1, 0.15) is 0 Å². The van der Waals surface area contributed by atoms with E-state index < -0.39 is 0 Å². The number of rotatable bonds is 5. The van der Waals surface area contributed by atoms with Crippen molar-refractivity contribution >= 4 is 11.6 Å². The maximum Gasteiger partial charge on any atom is 0.226 e. The molecule has 1 atom stereocenters. The van der Waals surface area contributed by atoms with Gasteiger partial charge in [0.25, 0.3) is 0 Å². The highest BCUT2D eigenvalue weighted by Crippen LogP contribution is 2.12. The lowest BCUT2D eigenvalue weighted by Crippen LogP contribution is -2.39. The van der Waals surface area contributed by atoms with Crippen molar-refractivity contribution in [2.24, 2.45) is 0 Å². The van der Waals surface area contributed by atoms with Gasteiger partial charge in [0.05, 0.1) is 6.42 Å². The van der Waals surface area contributed by atoms with Gasteiger partial charge < -0.3 is 15.5 Å². The Balaban J connectivity index is 1.80. The predicted molar refractivity (Wildman–Crippen MR) is 83.0 cm³/mol. The van der Waals surface area contributed by atoms with E-state index in [4.69, 9.17) is 0 Å². The number of carbonyl (C=O) groups excluding carboxylic acids is 1. The molecule has 2 N–H and O–H groups in total. The summed E-state index contributed by atoms with van der Waals surface area (Å²) in [5.41, 5.74) is 2.18. The van der Waals surface area contributed by atoms with E-state index >= 15 is 0 Å². The minimum absolute atomic E-state index is 0.136. The Morgan fingerprint density at radius 2 is 2.05 bits per heavy atom. The van der Waals surface area contributed by atoms with Gasteiger partial charge in [-0.25, -0.2) is 0 Å². The van der Waals surface area contributed by atoms with E-state index in [1.807, 2.05) is 12.1 Å². The van der Waals surface area contributed by atoms with Crippen LogP contribution in [0, 0.1) is 0 Å². The van der Waals surface area contributed by atoms with Gasteiger partial charge in [-0.15, -0.1) is 0 Å². The van der Waals surface area contributed by atoms with Crippen LogP contribution < -0.4 is 10.6 Å². The molecule has 0 aromatic heterocycles. The van der Waals surface area contributed by atoms with Crippen LogP contribution in [0.15, 0.2) is 24.3 Å². The molecule has 4 heteroatoms. The van der Waals surface area contributed by atoms with Gasteiger partial charge in [0.15, 0.2) is 0 Å². The van der Waals surface area contributed by atoms with Gasteiger partial charge in [0.2, 0.25) is 5.91 Å². The molecule has 1 heterocycles. The predicted octanol–water partition coefficient (Wildman–Crippen LogP) is 1.87. The molecule has 0 saturated carbocycles. The molecule has 2 rings (SSSR count). The fraction of sp³-hybridized carbons (Fsp3) is 0.562. The van der Waals surface area contributed by atoms with Crippen LogP contribution in [-0.4, -0.2) is 44.0 Å². The van der Waals surface area contributed by atoms with E-state index in [0.29, 0.717) is 12.5 Å². The topological polar surface area (TPSA) is 44.4 Å². The summed E-state index contributed by atoms with van der Waals surface area (Å²) in [5.74, 6) is 0.136. The summed E-state index contributed by atoms with van der Waals surface area (Å²) in [6.07, 6.45) is 4.34. The van der Waals surface area contributed by atoms with Gasteiger partial charge in [-0.1, -0.05) is 18.6 Å². The average Bonchev–Trinajstić information content (AvgIpc) is 2.47. The van der Waals surface area contributed by atoms with Gasteiger partial charge in [-0.3, -0.25) is 4.79 Å². The highest BCUT2D eigenvalue weighted by Gasteiger charge is 2.11. The summed E-state index contributed by atoms with van der Waals surface area (Å²) in [6.45, 7) is 2.11. The molecule has 1 aromatic rings. The van der Waals surface area contributed by atoms with Crippen LogP contribution >= 0.6 is 0 Å². The second kappa shape index (κ2) is 7.29. The minimum Gasteiger partial charge on any atom is -0.383 e. The molecule has 1 aromatic carbocycles. The van der Waals surface area contributed by atoms with E-state index in [9.17, 15) is 4.79 Å². The Labute approximate surface area is 121 Å². The van der Waals surface area contributed by atoms with E-state index in [-0.39, 0.29) is 5.91 Å². The first-order valence-corrected chi connectivity index (χ1v) is 7.41. The normalized spacial score (nSPS) is 18.6. The van der Waals surface area contributed by atoms with Crippen molar-refractivity contribution in [1.29, 1.82) is 0 Å². The second-order valence-corrected chi connectivity index (χ2v) is 5.69. The molecule has 110 valence electrons. The third-order valence-electron chi connectivity index (χ3n) is 3.77. The number of amides is 1. The summed E-state index contributed by atoms with van der Waals surface area (Å²) in [4.78, 5) is 13.3. The zero-order chi connectivity index (χ0) is 14.4. The highest BCUT2D eigenvalue weighted by molar-refractivity contribution is 5.78.